The van der Waals surface area contributed by atoms with Gasteiger partial charge in [-0.3, -0.25) is 9.59 Å². The predicted octanol–water partition coefficient (Wildman–Crippen LogP) is 5.72. The van der Waals surface area contributed by atoms with E-state index in [-0.39, 0.29) is 22.9 Å². The van der Waals surface area contributed by atoms with Crippen LogP contribution in [0.3, 0.4) is 0 Å². The van der Waals surface area contributed by atoms with Crippen LogP contribution in [0.2, 0.25) is 0 Å². The van der Waals surface area contributed by atoms with E-state index in [4.69, 9.17) is 4.74 Å². The Morgan fingerprint density at radius 3 is 2.18 bits per heavy atom. The van der Waals surface area contributed by atoms with Gasteiger partial charge < -0.3 is 19.9 Å². The van der Waals surface area contributed by atoms with Crippen LogP contribution in [0.4, 0.5) is 31.1 Å². The first kappa shape index (κ1) is 35.8. The van der Waals surface area contributed by atoms with Gasteiger partial charge in [0.05, 0.1) is 22.6 Å². The number of benzene rings is 2. The molecular formula is C32H32F6N4O6S. The molecule has 1 saturated carbocycles. The van der Waals surface area contributed by atoms with E-state index < -0.39 is 99.0 Å². The van der Waals surface area contributed by atoms with Crippen molar-refractivity contribution in [2.75, 3.05) is 13.1 Å². The molecule has 10 nitrogen and oxygen atoms in total. The number of nitrogens with zero attached hydrogens (tertiary/aromatic N) is 1. The van der Waals surface area contributed by atoms with Crippen molar-refractivity contribution in [3.8, 4) is 0 Å². The number of sulfonamides is 1. The molecule has 0 spiro atoms. The van der Waals surface area contributed by atoms with E-state index >= 15 is 0 Å². The van der Waals surface area contributed by atoms with Gasteiger partial charge in [-0.25, -0.2) is 17.9 Å². The lowest BCUT2D eigenvalue weighted by atomic mass is 9.86. The SMILES string of the molecule is C=CC1C[C@@]1(NC(=O)C1CN(C(=O)OC(C)(C)C)C[C@H]1c1cc(C(F)(F)F)cc(C(F)(F)F)c1)C(=O)NS(=O)(=O)c1cccc2cc[nH]c12. The maximum Gasteiger partial charge on any atom is 0.416 e. The Bertz CT molecular complexity index is 1900. The van der Waals surface area contributed by atoms with Gasteiger partial charge in [-0.05, 0) is 63.1 Å². The summed E-state index contributed by atoms with van der Waals surface area (Å²) in [5, 5.41) is 3.04. The molecule has 0 bridgehead atoms. The molecule has 17 heteroatoms. The fourth-order valence-electron chi connectivity index (χ4n) is 5.97. The van der Waals surface area contributed by atoms with Gasteiger partial charge in [-0.1, -0.05) is 18.2 Å². The maximum absolute atomic E-state index is 13.9. The van der Waals surface area contributed by atoms with Crippen molar-refractivity contribution in [3.05, 3.63) is 78.0 Å². The van der Waals surface area contributed by atoms with Crippen LogP contribution in [0.25, 0.3) is 10.9 Å². The third-order valence-corrected chi connectivity index (χ3v) is 9.84. The Hall–Kier alpha value is -4.54. The van der Waals surface area contributed by atoms with Crippen LogP contribution in [0.1, 0.15) is 49.8 Å². The van der Waals surface area contributed by atoms with Crippen LogP contribution in [-0.4, -0.2) is 60.4 Å². The summed E-state index contributed by atoms with van der Waals surface area (Å²) in [5.74, 6) is -5.81. The number of carbonyl (C=O) groups is 3. The lowest BCUT2D eigenvalue weighted by molar-refractivity contribution is -0.143. The second-order valence-corrected chi connectivity index (χ2v) is 14.7. The van der Waals surface area contributed by atoms with E-state index in [9.17, 15) is 49.1 Å². The first-order valence-corrected chi connectivity index (χ1v) is 16.4. The zero-order chi connectivity index (χ0) is 36.3. The van der Waals surface area contributed by atoms with Crippen LogP contribution in [0.5, 0.6) is 0 Å². The Morgan fingerprint density at radius 1 is 1.00 bits per heavy atom. The van der Waals surface area contributed by atoms with Crippen molar-refractivity contribution in [1.29, 1.82) is 0 Å². The third kappa shape index (κ3) is 7.26. The van der Waals surface area contributed by atoms with Crippen molar-refractivity contribution in [3.63, 3.8) is 0 Å². The number of aromatic amines is 1. The van der Waals surface area contributed by atoms with Crippen LogP contribution < -0.4 is 10.0 Å². The minimum atomic E-state index is -5.18. The number of alkyl halides is 6. The van der Waals surface area contributed by atoms with Crippen molar-refractivity contribution >= 4 is 38.8 Å². The zero-order valence-corrected chi connectivity index (χ0v) is 27.1. The van der Waals surface area contributed by atoms with Crippen molar-refractivity contribution in [2.24, 2.45) is 11.8 Å². The normalized spacial score (nSPS) is 22.9. The van der Waals surface area contributed by atoms with Gasteiger partial charge in [0.15, 0.2) is 0 Å². The highest BCUT2D eigenvalue weighted by Gasteiger charge is 2.61. The molecule has 1 saturated heterocycles. The number of nitrogens with one attached hydrogen (secondary N) is 3. The van der Waals surface area contributed by atoms with Gasteiger partial charge in [-0.15, -0.1) is 6.58 Å². The largest absolute Gasteiger partial charge is 0.444 e. The average Bonchev–Trinajstić information content (AvgIpc) is 3.29. The summed E-state index contributed by atoms with van der Waals surface area (Å²) < 4.78 is 117. The molecule has 2 unspecified atom stereocenters. The fourth-order valence-corrected chi connectivity index (χ4v) is 7.21. The van der Waals surface area contributed by atoms with Gasteiger partial charge in [0.25, 0.3) is 15.9 Å². The summed E-state index contributed by atoms with van der Waals surface area (Å²) in [6.07, 6.45) is -8.63. The quantitative estimate of drug-likeness (QED) is 0.212. The molecule has 2 aliphatic rings. The molecule has 2 heterocycles. The molecule has 0 radical (unpaired) electrons. The van der Waals surface area contributed by atoms with Crippen LogP contribution in [-0.2, 0) is 36.7 Å². The Labute approximate surface area is 276 Å². The van der Waals surface area contributed by atoms with Gasteiger partial charge in [0.2, 0.25) is 5.91 Å². The molecule has 5 rings (SSSR count). The molecule has 3 amide bonds. The molecule has 49 heavy (non-hydrogen) atoms. The summed E-state index contributed by atoms with van der Waals surface area (Å²) in [6, 6.07) is 6.90. The maximum atomic E-state index is 13.9. The lowest BCUT2D eigenvalue weighted by Crippen LogP contribution is -2.53. The highest BCUT2D eigenvalue weighted by Crippen LogP contribution is 2.47. The van der Waals surface area contributed by atoms with Crippen LogP contribution >= 0.6 is 0 Å². The van der Waals surface area contributed by atoms with Crippen molar-refractivity contribution in [1.82, 2.24) is 19.9 Å². The standard InChI is InChI=1S/C32H32F6N4O6S/c1-5-19-14-30(19,27(44)41-49(46,47)24-8-6-7-17-9-10-39-25(17)24)40-26(43)23-16-42(28(45)48-29(2,3)4)15-22(23)18-11-20(31(33,34)35)13-21(12-18)32(36,37)38/h5-13,19,22-23,39H,1,14-16H2,2-4H3,(H,40,43)(H,41,44)/t19?,22-,23?,30-/m0/s1. The number of hydrogen-bond acceptors (Lipinski definition) is 6. The predicted molar refractivity (Wildman–Crippen MR) is 163 cm³/mol. The molecule has 1 aromatic heterocycles. The second kappa shape index (κ2) is 12.1. The molecule has 1 aliphatic carbocycles. The number of ether oxygens (including phenoxy) is 1. The summed E-state index contributed by atoms with van der Waals surface area (Å²) in [7, 11) is -4.51. The third-order valence-electron chi connectivity index (χ3n) is 8.46. The minimum absolute atomic E-state index is 0.0501. The van der Waals surface area contributed by atoms with Crippen molar-refractivity contribution < 1.29 is 53.9 Å². The van der Waals surface area contributed by atoms with E-state index in [1.807, 2.05) is 4.72 Å². The van der Waals surface area contributed by atoms with Gasteiger partial charge >= 0.3 is 18.4 Å². The summed E-state index contributed by atoms with van der Waals surface area (Å²) >= 11 is 0. The van der Waals surface area contributed by atoms with Crippen LogP contribution in [0, 0.1) is 11.8 Å². The number of amides is 3. The molecule has 264 valence electrons. The number of aromatic nitrogens is 1. The molecule has 3 N–H and O–H groups in total. The highest BCUT2D eigenvalue weighted by atomic mass is 32.2. The van der Waals surface area contributed by atoms with E-state index in [1.165, 1.54) is 24.4 Å². The van der Waals surface area contributed by atoms with Gasteiger partial charge in [0, 0.05) is 36.5 Å². The fraction of sp³-hybridized carbons (Fsp3) is 0.406. The molecule has 3 aromatic rings. The Morgan fingerprint density at radius 2 is 1.63 bits per heavy atom. The average molecular weight is 715 g/mol. The number of halogens is 6. The smallest absolute Gasteiger partial charge is 0.416 e. The number of H-pyrrole nitrogens is 1. The van der Waals surface area contributed by atoms with Gasteiger partial charge in [-0.2, -0.15) is 26.3 Å². The summed E-state index contributed by atoms with van der Waals surface area (Å²) in [6.45, 7) is 7.26. The molecule has 2 fully saturated rings. The van der Waals surface area contributed by atoms with Gasteiger partial charge in [0.1, 0.15) is 16.0 Å². The first-order chi connectivity index (χ1) is 22.6. The monoisotopic (exact) mass is 714 g/mol. The van der Waals surface area contributed by atoms with Crippen molar-refractivity contribution in [2.45, 2.75) is 61.5 Å². The molecule has 4 atom stereocenters. The van der Waals surface area contributed by atoms with E-state index in [1.54, 1.807) is 32.9 Å². The number of likely N-dealkylation sites (tertiary alicyclic amines) is 1. The molecular weight excluding hydrogens is 682 g/mol. The Balaban J connectivity index is 1.49. The number of fused-ring (bicyclic) bond motifs is 1. The highest BCUT2D eigenvalue weighted by molar-refractivity contribution is 7.90. The van der Waals surface area contributed by atoms with E-state index in [2.05, 4.69) is 16.9 Å². The molecule has 2 aromatic carbocycles. The van der Waals surface area contributed by atoms with E-state index in [0.717, 1.165) is 4.90 Å². The number of para-hydroxylation sites is 1. The lowest BCUT2D eigenvalue weighted by Gasteiger charge is -2.24. The molecule has 1 aliphatic heterocycles. The summed E-state index contributed by atoms with van der Waals surface area (Å²) in [5.41, 5.74) is -6.43. The second-order valence-electron chi connectivity index (χ2n) is 13.1. The number of hydrogen-bond donors (Lipinski definition) is 3. The minimum Gasteiger partial charge on any atom is -0.444 e. The zero-order valence-electron chi connectivity index (χ0n) is 26.3. The summed E-state index contributed by atoms with van der Waals surface area (Å²) in [4.78, 5) is 44.1. The topological polar surface area (TPSA) is 138 Å². The first-order valence-electron chi connectivity index (χ1n) is 14.9. The number of carbonyl (C=O) groups excluding carboxylic acids is 3. The van der Waals surface area contributed by atoms with E-state index in [0.29, 0.717) is 17.5 Å². The number of rotatable bonds is 7. The van der Waals surface area contributed by atoms with Crippen LogP contribution in [0.15, 0.2) is 66.2 Å². The Kier molecular flexibility index (Phi) is 8.83.